The van der Waals surface area contributed by atoms with Gasteiger partial charge in [0.25, 0.3) is 0 Å². The summed E-state index contributed by atoms with van der Waals surface area (Å²) in [5.74, 6) is 0. The van der Waals surface area contributed by atoms with E-state index in [9.17, 15) is 5.11 Å². The largest absolute Gasteiger partial charge is 0.383 e. The number of aliphatic hydroxyl groups excluding tert-OH is 1. The van der Waals surface area contributed by atoms with Crippen molar-refractivity contribution in [2.24, 2.45) is 0 Å². The van der Waals surface area contributed by atoms with E-state index in [1.165, 1.54) is 11.3 Å². The lowest BCUT2D eigenvalue weighted by Crippen LogP contribution is -1.96. The van der Waals surface area contributed by atoms with Crippen LogP contribution < -0.4 is 0 Å². The Morgan fingerprint density at radius 3 is 2.71 bits per heavy atom. The molecule has 0 saturated carbocycles. The number of halogens is 2. The molecule has 0 fully saturated rings. The van der Waals surface area contributed by atoms with Crippen LogP contribution in [0, 0.1) is 0 Å². The van der Waals surface area contributed by atoms with E-state index in [0.717, 1.165) is 14.9 Å². The van der Waals surface area contributed by atoms with E-state index < -0.39 is 6.10 Å². The van der Waals surface area contributed by atoms with Crippen LogP contribution in [0.5, 0.6) is 0 Å². The molecule has 5 heteroatoms. The van der Waals surface area contributed by atoms with E-state index in [1.807, 2.05) is 16.1 Å². The van der Waals surface area contributed by atoms with Crippen LogP contribution in [0.4, 0.5) is 0 Å². The second kappa shape index (κ2) is 4.33. The fraction of sp³-hybridized carbons (Fsp3) is 0.111. The van der Waals surface area contributed by atoms with Crippen molar-refractivity contribution in [3.63, 3.8) is 0 Å². The van der Waals surface area contributed by atoms with E-state index in [4.69, 9.17) is 11.6 Å². The Morgan fingerprint density at radius 1 is 1.43 bits per heavy atom. The normalized spacial score (nSPS) is 13.1. The van der Waals surface area contributed by atoms with E-state index in [-0.39, 0.29) is 0 Å². The summed E-state index contributed by atoms with van der Waals surface area (Å²) in [4.78, 5) is 0.797. The van der Waals surface area contributed by atoms with Gasteiger partial charge < -0.3 is 5.11 Å². The molecule has 0 amide bonds. The zero-order valence-corrected chi connectivity index (χ0v) is 10.9. The molecule has 2 aromatic heterocycles. The van der Waals surface area contributed by atoms with Crippen molar-refractivity contribution in [3.05, 3.63) is 42.1 Å². The summed E-state index contributed by atoms with van der Waals surface area (Å²) < 4.78 is 0.930. The average molecular weight is 310 g/mol. The van der Waals surface area contributed by atoms with Gasteiger partial charge in [-0.3, -0.25) is 0 Å². The highest BCUT2D eigenvalue weighted by Gasteiger charge is 2.18. The highest BCUT2D eigenvalue weighted by atomic mass is 79.9. The lowest BCUT2D eigenvalue weighted by molar-refractivity contribution is 0.224. The lowest BCUT2D eigenvalue weighted by atomic mass is 10.2. The van der Waals surface area contributed by atoms with E-state index >= 15 is 0 Å². The third kappa shape index (κ3) is 1.90. The van der Waals surface area contributed by atoms with Crippen LogP contribution in [-0.2, 0) is 0 Å². The fourth-order valence-electron chi connectivity index (χ4n) is 1.13. The van der Waals surface area contributed by atoms with E-state index in [2.05, 4.69) is 15.9 Å². The van der Waals surface area contributed by atoms with Crippen LogP contribution >= 0.6 is 50.2 Å². The molecule has 0 aliphatic heterocycles. The summed E-state index contributed by atoms with van der Waals surface area (Å²) in [5, 5.41) is 16.4. The zero-order chi connectivity index (χ0) is 10.1. The lowest BCUT2D eigenvalue weighted by Gasteiger charge is -2.07. The highest BCUT2D eigenvalue weighted by Crippen LogP contribution is 2.37. The highest BCUT2D eigenvalue weighted by molar-refractivity contribution is 9.10. The zero-order valence-electron chi connectivity index (χ0n) is 6.91. The maximum atomic E-state index is 10.0. The summed E-state index contributed by atoms with van der Waals surface area (Å²) >= 11 is 12.4. The second-order valence-corrected chi connectivity index (χ2v) is 5.66. The third-order valence-corrected chi connectivity index (χ3v) is 4.99. The van der Waals surface area contributed by atoms with Crippen LogP contribution in [0.3, 0.4) is 0 Å². The molecule has 1 nitrogen and oxygen atoms in total. The van der Waals surface area contributed by atoms with Crippen LogP contribution in [0.2, 0.25) is 5.02 Å². The van der Waals surface area contributed by atoms with Gasteiger partial charge in [-0.2, -0.15) is 11.3 Å². The van der Waals surface area contributed by atoms with Crippen molar-refractivity contribution in [1.82, 2.24) is 0 Å². The molecule has 0 radical (unpaired) electrons. The minimum absolute atomic E-state index is 0.622. The molecule has 74 valence electrons. The standard InChI is InChI=1S/C9H6BrClOS2/c10-6-4-13-3-5(6)8(12)9-7(11)1-2-14-9/h1-4,8,12H. The molecule has 1 atom stereocenters. The Hall–Kier alpha value is 0.130. The Morgan fingerprint density at radius 2 is 2.21 bits per heavy atom. The molecule has 14 heavy (non-hydrogen) atoms. The SMILES string of the molecule is OC(c1cscc1Br)c1sccc1Cl. The molecule has 2 aromatic rings. The van der Waals surface area contributed by atoms with Crippen LogP contribution in [0.15, 0.2) is 26.7 Å². The summed E-state index contributed by atoms with van der Waals surface area (Å²) in [6, 6.07) is 1.80. The van der Waals surface area contributed by atoms with Gasteiger partial charge >= 0.3 is 0 Å². The van der Waals surface area contributed by atoms with Crippen LogP contribution in [0.1, 0.15) is 16.5 Å². The van der Waals surface area contributed by atoms with Gasteiger partial charge in [-0.05, 0) is 32.8 Å². The predicted octanol–water partition coefficient (Wildman–Crippen LogP) is 4.31. The first-order valence-corrected chi connectivity index (χ1v) is 6.82. The first-order valence-electron chi connectivity index (χ1n) is 3.82. The number of aliphatic hydroxyl groups is 1. The predicted molar refractivity (Wildman–Crippen MR) is 65.4 cm³/mol. The second-order valence-electron chi connectivity index (χ2n) is 2.71. The van der Waals surface area contributed by atoms with Gasteiger partial charge in [-0.25, -0.2) is 0 Å². The molecule has 0 bridgehead atoms. The molecule has 1 unspecified atom stereocenters. The Bertz CT molecular complexity index is 397. The van der Waals surface area contributed by atoms with Gasteiger partial charge in [0.15, 0.2) is 0 Å². The molecule has 0 aliphatic carbocycles. The summed E-state index contributed by atoms with van der Waals surface area (Å²) in [6.45, 7) is 0. The van der Waals surface area contributed by atoms with Crippen molar-refractivity contribution in [2.45, 2.75) is 6.10 Å². The van der Waals surface area contributed by atoms with Crippen molar-refractivity contribution in [2.75, 3.05) is 0 Å². The van der Waals surface area contributed by atoms with Gasteiger partial charge in [0.2, 0.25) is 0 Å². The number of rotatable bonds is 2. The van der Waals surface area contributed by atoms with E-state index in [1.54, 1.807) is 17.4 Å². The Balaban J connectivity index is 2.38. The summed E-state index contributed by atoms with van der Waals surface area (Å²) in [7, 11) is 0. The van der Waals surface area contributed by atoms with Gasteiger partial charge in [0.05, 0.1) is 9.90 Å². The van der Waals surface area contributed by atoms with Crippen molar-refractivity contribution in [3.8, 4) is 0 Å². The number of hydrogen-bond acceptors (Lipinski definition) is 3. The number of thiophene rings is 2. The Kier molecular flexibility index (Phi) is 3.29. The summed E-state index contributed by atoms with van der Waals surface area (Å²) in [6.07, 6.45) is -0.622. The fourth-order valence-corrected chi connectivity index (χ4v) is 3.82. The minimum atomic E-state index is -0.622. The quantitative estimate of drug-likeness (QED) is 0.876. The molecule has 1 N–H and O–H groups in total. The van der Waals surface area contributed by atoms with Crippen LogP contribution in [-0.4, -0.2) is 5.11 Å². The topological polar surface area (TPSA) is 20.2 Å². The van der Waals surface area contributed by atoms with Gasteiger partial charge in [-0.1, -0.05) is 11.6 Å². The smallest absolute Gasteiger partial charge is 0.117 e. The molecule has 2 heterocycles. The minimum Gasteiger partial charge on any atom is -0.383 e. The van der Waals surface area contributed by atoms with Crippen molar-refractivity contribution in [1.29, 1.82) is 0 Å². The molecule has 0 spiro atoms. The molecule has 2 rings (SSSR count). The van der Waals surface area contributed by atoms with Crippen molar-refractivity contribution < 1.29 is 5.11 Å². The molecular formula is C9H6BrClOS2. The first-order chi connectivity index (χ1) is 6.70. The van der Waals surface area contributed by atoms with Gasteiger partial charge in [0, 0.05) is 15.4 Å². The maximum absolute atomic E-state index is 10.0. The maximum Gasteiger partial charge on any atom is 0.117 e. The molecular weight excluding hydrogens is 304 g/mol. The average Bonchev–Trinajstić information content (AvgIpc) is 2.73. The Labute approximate surface area is 103 Å². The van der Waals surface area contributed by atoms with Gasteiger partial charge in [0.1, 0.15) is 6.10 Å². The summed E-state index contributed by atoms with van der Waals surface area (Å²) in [5.41, 5.74) is 0.874. The number of hydrogen-bond donors (Lipinski definition) is 1. The molecule has 0 saturated heterocycles. The van der Waals surface area contributed by atoms with Gasteiger partial charge in [-0.15, -0.1) is 11.3 Å². The van der Waals surface area contributed by atoms with Crippen LogP contribution in [0.25, 0.3) is 0 Å². The third-order valence-electron chi connectivity index (χ3n) is 1.83. The first kappa shape index (κ1) is 10.6. The molecule has 0 aliphatic rings. The van der Waals surface area contributed by atoms with E-state index in [0.29, 0.717) is 5.02 Å². The monoisotopic (exact) mass is 308 g/mol. The molecule has 0 aromatic carbocycles. The van der Waals surface area contributed by atoms with Crippen molar-refractivity contribution >= 4 is 50.2 Å².